The van der Waals surface area contributed by atoms with Crippen LogP contribution in [0.1, 0.15) is 51.0 Å². The van der Waals surface area contributed by atoms with Crippen LogP contribution in [-0.4, -0.2) is 22.0 Å². The van der Waals surface area contributed by atoms with E-state index in [0.29, 0.717) is 29.7 Å². The second-order valence-electron chi connectivity index (χ2n) is 9.23. The molecule has 2 bridgehead atoms. The van der Waals surface area contributed by atoms with Gasteiger partial charge < -0.3 is 5.32 Å². The number of hydrogen-bond donors (Lipinski definition) is 1. The van der Waals surface area contributed by atoms with Crippen molar-refractivity contribution in [2.75, 3.05) is 6.54 Å². The standard InChI is InChI=1S/C27H25N3O2S/c1-15-16(2)33-26-24(15)27(32)30(14-29-26)13-23(31)28-12-17-11-22-18-7-3-5-9-20(18)25(17)21-10-6-4-8-19(21)22/h3-10,14,17,22,25H,11-13H2,1-2H3,(H,28,31). The molecule has 0 radical (unpaired) electrons. The topological polar surface area (TPSA) is 64.0 Å². The van der Waals surface area contributed by atoms with Crippen LogP contribution >= 0.6 is 11.3 Å². The molecule has 2 heterocycles. The van der Waals surface area contributed by atoms with Crippen LogP contribution in [0.15, 0.2) is 59.7 Å². The molecule has 2 aromatic heterocycles. The highest BCUT2D eigenvalue weighted by Crippen LogP contribution is 2.55. The average Bonchev–Trinajstić information content (AvgIpc) is 3.13. The van der Waals surface area contributed by atoms with Crippen molar-refractivity contribution < 1.29 is 4.79 Å². The molecule has 1 amide bonds. The van der Waals surface area contributed by atoms with Gasteiger partial charge in [-0.15, -0.1) is 11.3 Å². The number of nitrogens with zero attached hydrogens (tertiary/aromatic N) is 2. The number of amides is 1. The largest absolute Gasteiger partial charge is 0.354 e. The minimum atomic E-state index is -0.147. The fraction of sp³-hybridized carbons (Fsp3) is 0.296. The monoisotopic (exact) mass is 455 g/mol. The SMILES string of the molecule is Cc1sc2ncn(CC(=O)NCC3CC4c5ccccc5C3c3ccccc34)c(=O)c2c1C. The van der Waals surface area contributed by atoms with Crippen LogP contribution in [-0.2, 0) is 11.3 Å². The molecule has 1 N–H and O–H groups in total. The molecule has 1 atom stereocenters. The Labute approximate surface area is 196 Å². The Morgan fingerprint density at radius 2 is 1.70 bits per heavy atom. The normalized spacial score (nSPS) is 20.5. The van der Waals surface area contributed by atoms with Crippen molar-refractivity contribution in [2.45, 2.75) is 38.6 Å². The van der Waals surface area contributed by atoms with Crippen LogP contribution < -0.4 is 10.9 Å². The van der Waals surface area contributed by atoms with Crippen LogP contribution in [0, 0.1) is 19.8 Å². The number of aromatic nitrogens is 2. The molecule has 3 aliphatic carbocycles. The number of aryl methyl sites for hydroxylation is 2. The summed E-state index contributed by atoms with van der Waals surface area (Å²) in [4.78, 5) is 32.0. The summed E-state index contributed by atoms with van der Waals surface area (Å²) < 4.78 is 1.43. The van der Waals surface area contributed by atoms with E-state index in [4.69, 9.17) is 0 Å². The summed E-state index contributed by atoms with van der Waals surface area (Å²) in [7, 11) is 0. The quantitative estimate of drug-likeness (QED) is 0.493. The van der Waals surface area contributed by atoms with Crippen molar-refractivity contribution >= 4 is 27.5 Å². The molecular weight excluding hydrogens is 430 g/mol. The van der Waals surface area contributed by atoms with Crippen molar-refractivity contribution in [3.05, 3.63) is 97.9 Å². The van der Waals surface area contributed by atoms with Crippen molar-refractivity contribution in [3.63, 3.8) is 0 Å². The summed E-state index contributed by atoms with van der Waals surface area (Å²) in [6.45, 7) is 4.52. The maximum Gasteiger partial charge on any atom is 0.262 e. The van der Waals surface area contributed by atoms with E-state index in [0.717, 1.165) is 21.7 Å². The summed E-state index contributed by atoms with van der Waals surface area (Å²) >= 11 is 1.52. The van der Waals surface area contributed by atoms with Gasteiger partial charge in [-0.25, -0.2) is 4.98 Å². The van der Waals surface area contributed by atoms with E-state index in [1.165, 1.54) is 44.5 Å². The minimum Gasteiger partial charge on any atom is -0.354 e. The van der Waals surface area contributed by atoms with Gasteiger partial charge in [-0.2, -0.15) is 0 Å². The molecule has 0 saturated heterocycles. The van der Waals surface area contributed by atoms with Gasteiger partial charge in [-0.05, 0) is 54.0 Å². The van der Waals surface area contributed by atoms with Gasteiger partial charge in [-0.3, -0.25) is 14.2 Å². The van der Waals surface area contributed by atoms with E-state index in [1.54, 1.807) is 0 Å². The van der Waals surface area contributed by atoms with Crippen LogP contribution in [0.5, 0.6) is 0 Å². The third kappa shape index (κ3) is 3.16. The number of thiophene rings is 1. The van der Waals surface area contributed by atoms with Crippen LogP contribution in [0.25, 0.3) is 10.2 Å². The number of benzene rings is 2. The molecule has 0 saturated carbocycles. The van der Waals surface area contributed by atoms with Gasteiger partial charge >= 0.3 is 0 Å². The zero-order chi connectivity index (χ0) is 22.7. The lowest BCUT2D eigenvalue weighted by atomic mass is 9.59. The molecule has 4 aromatic rings. The maximum atomic E-state index is 12.9. The zero-order valence-electron chi connectivity index (χ0n) is 18.7. The minimum absolute atomic E-state index is 0.00982. The number of hydrogen-bond acceptors (Lipinski definition) is 4. The second-order valence-corrected chi connectivity index (χ2v) is 10.4. The van der Waals surface area contributed by atoms with Crippen molar-refractivity contribution in [1.29, 1.82) is 0 Å². The molecule has 0 fully saturated rings. The Bertz CT molecular complexity index is 1420. The Kier molecular flexibility index (Phi) is 4.73. The van der Waals surface area contributed by atoms with Crippen LogP contribution in [0.4, 0.5) is 0 Å². The molecule has 166 valence electrons. The number of carbonyl (C=O) groups is 1. The summed E-state index contributed by atoms with van der Waals surface area (Å²) in [5.74, 6) is 0.858. The van der Waals surface area contributed by atoms with Crippen molar-refractivity contribution in [3.8, 4) is 0 Å². The number of carbonyl (C=O) groups excluding carboxylic acids is 1. The first kappa shape index (κ1) is 20.4. The number of rotatable bonds is 4. The molecule has 2 aromatic carbocycles. The Morgan fingerprint density at radius 1 is 1.06 bits per heavy atom. The molecule has 1 unspecified atom stereocenters. The van der Waals surface area contributed by atoms with Gasteiger partial charge in [0.2, 0.25) is 5.91 Å². The molecule has 3 aliphatic rings. The van der Waals surface area contributed by atoms with Gasteiger partial charge in [0.1, 0.15) is 11.4 Å². The lowest BCUT2D eigenvalue weighted by molar-refractivity contribution is -0.122. The Balaban J connectivity index is 1.22. The predicted molar refractivity (Wildman–Crippen MR) is 131 cm³/mol. The first-order valence-electron chi connectivity index (χ1n) is 11.4. The summed E-state index contributed by atoms with van der Waals surface area (Å²) in [6.07, 6.45) is 2.52. The van der Waals surface area contributed by atoms with Crippen LogP contribution in [0.2, 0.25) is 0 Å². The fourth-order valence-corrected chi connectivity index (χ4v) is 6.79. The van der Waals surface area contributed by atoms with Gasteiger partial charge in [0.15, 0.2) is 0 Å². The van der Waals surface area contributed by atoms with E-state index in [1.807, 2.05) is 13.8 Å². The molecule has 7 rings (SSSR count). The number of nitrogens with one attached hydrogen (secondary N) is 1. The summed E-state index contributed by atoms with van der Waals surface area (Å²) in [5, 5.41) is 3.75. The third-order valence-electron chi connectivity index (χ3n) is 7.45. The van der Waals surface area contributed by atoms with E-state index in [-0.39, 0.29) is 18.0 Å². The van der Waals surface area contributed by atoms with Gasteiger partial charge in [0.25, 0.3) is 5.56 Å². The van der Waals surface area contributed by atoms with Crippen molar-refractivity contribution in [2.24, 2.45) is 5.92 Å². The van der Waals surface area contributed by atoms with E-state index < -0.39 is 0 Å². The predicted octanol–water partition coefficient (Wildman–Crippen LogP) is 4.49. The highest BCUT2D eigenvalue weighted by Gasteiger charge is 2.42. The number of fused-ring (bicyclic) bond motifs is 2. The lowest BCUT2D eigenvalue weighted by Gasteiger charge is -2.45. The summed E-state index contributed by atoms with van der Waals surface area (Å²) in [6, 6.07) is 17.5. The molecule has 0 spiro atoms. The fourth-order valence-electron chi connectivity index (χ4n) is 5.80. The first-order chi connectivity index (χ1) is 16.0. The van der Waals surface area contributed by atoms with E-state index in [9.17, 15) is 9.59 Å². The molecule has 0 aliphatic heterocycles. The summed E-state index contributed by atoms with van der Waals surface area (Å²) in [5.41, 5.74) is 6.45. The maximum absolute atomic E-state index is 12.9. The van der Waals surface area contributed by atoms with E-state index >= 15 is 0 Å². The van der Waals surface area contributed by atoms with Gasteiger partial charge in [0, 0.05) is 23.3 Å². The average molecular weight is 456 g/mol. The highest BCUT2D eigenvalue weighted by molar-refractivity contribution is 7.18. The zero-order valence-corrected chi connectivity index (χ0v) is 19.5. The highest BCUT2D eigenvalue weighted by atomic mass is 32.1. The third-order valence-corrected chi connectivity index (χ3v) is 8.57. The lowest BCUT2D eigenvalue weighted by Crippen LogP contribution is -2.41. The van der Waals surface area contributed by atoms with Gasteiger partial charge in [-0.1, -0.05) is 48.5 Å². The van der Waals surface area contributed by atoms with Gasteiger partial charge in [0.05, 0.1) is 11.7 Å². The molecule has 33 heavy (non-hydrogen) atoms. The molecular formula is C27H25N3O2S. The molecule has 5 nitrogen and oxygen atoms in total. The Hall–Kier alpha value is -3.25. The Morgan fingerprint density at radius 3 is 2.36 bits per heavy atom. The molecule has 6 heteroatoms. The van der Waals surface area contributed by atoms with Crippen molar-refractivity contribution in [1.82, 2.24) is 14.9 Å². The smallest absolute Gasteiger partial charge is 0.262 e. The second kappa shape index (κ2) is 7.66. The van der Waals surface area contributed by atoms with E-state index in [2.05, 4.69) is 58.8 Å². The first-order valence-corrected chi connectivity index (χ1v) is 12.2. The van der Waals surface area contributed by atoms with Crippen LogP contribution in [0.3, 0.4) is 0 Å².